The Morgan fingerprint density at radius 3 is 2.50 bits per heavy atom. The van der Waals surface area contributed by atoms with Gasteiger partial charge in [-0.3, -0.25) is 0 Å². The van der Waals surface area contributed by atoms with Crippen molar-refractivity contribution >= 4 is 17.3 Å². The van der Waals surface area contributed by atoms with Crippen molar-refractivity contribution in [3.05, 3.63) is 69.7 Å². The monoisotopic (exact) mass is 491 g/mol. The number of halogens is 1. The van der Waals surface area contributed by atoms with Crippen molar-refractivity contribution in [2.24, 2.45) is 5.16 Å². The Bertz CT molecular complexity index is 1050. The van der Waals surface area contributed by atoms with Crippen LogP contribution < -0.4 is 0 Å². The molecule has 2 saturated heterocycles. The number of oxime groups is 1. The summed E-state index contributed by atoms with van der Waals surface area (Å²) in [6, 6.07) is 13.0. The highest BCUT2D eigenvalue weighted by Crippen LogP contribution is 2.49. The summed E-state index contributed by atoms with van der Waals surface area (Å²) in [5, 5.41) is 46.1. The molecule has 0 saturated carbocycles. The lowest BCUT2D eigenvalue weighted by Gasteiger charge is -2.46. The zero-order valence-corrected chi connectivity index (χ0v) is 19.9. The molecule has 0 amide bonds. The average Bonchev–Trinajstić information content (AvgIpc) is 3.24. The van der Waals surface area contributed by atoms with Gasteiger partial charge in [0.15, 0.2) is 0 Å². The second kappa shape index (κ2) is 9.91. The van der Waals surface area contributed by atoms with Gasteiger partial charge in [-0.05, 0) is 48.6 Å². The van der Waals surface area contributed by atoms with E-state index in [1.807, 2.05) is 38.1 Å². The van der Waals surface area contributed by atoms with Crippen molar-refractivity contribution in [1.82, 2.24) is 0 Å². The molecule has 2 aliphatic heterocycles. The lowest BCUT2D eigenvalue weighted by Crippen LogP contribution is -2.65. The first-order chi connectivity index (χ1) is 16.3. The van der Waals surface area contributed by atoms with E-state index in [9.17, 15) is 20.4 Å². The van der Waals surface area contributed by atoms with E-state index in [2.05, 4.69) is 5.16 Å². The molecular weight excluding hydrogens is 462 g/mol. The summed E-state index contributed by atoms with van der Waals surface area (Å²) >= 11 is 6.48. The second-order valence-corrected chi connectivity index (χ2v) is 9.06. The number of rotatable bonds is 8. The third-order valence-corrected chi connectivity index (χ3v) is 6.87. The Morgan fingerprint density at radius 1 is 1.12 bits per heavy atom. The predicted molar refractivity (Wildman–Crippen MR) is 126 cm³/mol. The number of aliphatic hydroxyl groups excluding tert-OH is 4. The van der Waals surface area contributed by atoms with Gasteiger partial charge >= 0.3 is 0 Å². The van der Waals surface area contributed by atoms with Crippen LogP contribution in [0.2, 0.25) is 5.02 Å². The summed E-state index contributed by atoms with van der Waals surface area (Å²) in [5.41, 5.74) is 2.53. The topological polar surface area (TPSA) is 121 Å². The Kier molecular flexibility index (Phi) is 7.30. The zero-order chi connectivity index (χ0) is 24.5. The summed E-state index contributed by atoms with van der Waals surface area (Å²) in [5.74, 6) is -1.73. The van der Waals surface area contributed by atoms with Crippen LogP contribution in [0.3, 0.4) is 0 Å². The van der Waals surface area contributed by atoms with Gasteiger partial charge in [-0.25, -0.2) is 0 Å². The highest BCUT2D eigenvalue weighted by Gasteiger charge is 2.67. The number of benzene rings is 2. The molecule has 2 fully saturated rings. The maximum absolute atomic E-state index is 10.8. The van der Waals surface area contributed by atoms with Gasteiger partial charge in [-0.1, -0.05) is 54.0 Å². The van der Waals surface area contributed by atoms with Gasteiger partial charge in [0.25, 0.3) is 0 Å². The molecule has 2 aromatic carbocycles. The number of hydrogen-bond acceptors (Lipinski definition) is 8. The molecule has 0 radical (unpaired) electrons. The predicted octanol–water partition coefficient (Wildman–Crippen LogP) is 2.11. The van der Waals surface area contributed by atoms with E-state index in [1.54, 1.807) is 18.2 Å². The molecule has 0 aromatic heterocycles. The first-order valence-electron chi connectivity index (χ1n) is 11.4. The summed E-state index contributed by atoms with van der Waals surface area (Å²) < 4.78 is 11.7. The molecule has 4 rings (SSSR count). The van der Waals surface area contributed by atoms with Crippen LogP contribution in [0, 0.1) is 0 Å². The van der Waals surface area contributed by atoms with Crippen LogP contribution in [0.15, 0.2) is 47.6 Å². The molecule has 9 heteroatoms. The normalized spacial score (nSPS) is 31.0. The average molecular weight is 492 g/mol. The van der Waals surface area contributed by atoms with Crippen LogP contribution >= 0.6 is 11.6 Å². The van der Waals surface area contributed by atoms with Crippen molar-refractivity contribution in [2.45, 2.75) is 56.4 Å². The van der Waals surface area contributed by atoms with E-state index in [4.69, 9.17) is 25.9 Å². The first-order valence-corrected chi connectivity index (χ1v) is 11.7. The summed E-state index contributed by atoms with van der Waals surface area (Å²) in [4.78, 5) is 5.19. The molecule has 2 bridgehead atoms. The van der Waals surface area contributed by atoms with Crippen LogP contribution in [-0.2, 0) is 26.5 Å². The number of nitrogens with zero attached hydrogens (tertiary/aromatic N) is 1. The minimum absolute atomic E-state index is 0.179. The zero-order valence-electron chi connectivity index (χ0n) is 19.1. The standard InChI is InChI=1S/C25H30ClNO7/c1-3-20(27-33-4-2)16-7-5-15(6-8-16)11-17-12-18(9-10-19(17)26)25-23(31)21(29)22(30)24(13-28,34-25)14-32-25/h5-10,12,21-23,28-31H,3-4,11,13-14H2,1-2H3/t21-,22-,23+,24-,25-/m0/s1. The fourth-order valence-electron chi connectivity index (χ4n) is 4.50. The fraction of sp³-hybridized carbons (Fsp3) is 0.480. The Labute approximate surface area is 203 Å². The Hall–Kier alpha value is -2.04. The molecular formula is C25H30ClNO7. The van der Waals surface area contributed by atoms with E-state index in [0.29, 0.717) is 23.6 Å². The van der Waals surface area contributed by atoms with Crippen molar-refractivity contribution in [2.75, 3.05) is 19.8 Å². The van der Waals surface area contributed by atoms with Gasteiger partial charge in [0, 0.05) is 10.6 Å². The molecule has 34 heavy (non-hydrogen) atoms. The maximum Gasteiger partial charge on any atom is 0.225 e. The van der Waals surface area contributed by atoms with Gasteiger partial charge in [0.2, 0.25) is 5.79 Å². The smallest absolute Gasteiger partial charge is 0.225 e. The Morgan fingerprint density at radius 2 is 1.85 bits per heavy atom. The fourth-order valence-corrected chi connectivity index (χ4v) is 4.68. The van der Waals surface area contributed by atoms with E-state index in [-0.39, 0.29) is 6.61 Å². The number of hydrogen-bond donors (Lipinski definition) is 4. The molecule has 4 N–H and O–H groups in total. The SMILES string of the molecule is CCON=C(CC)c1ccc(Cc2cc([C@]34OC[C@](CO)(O3)[C@@H](O)[C@H](O)[C@H]4O)ccc2Cl)cc1. The number of ether oxygens (including phenoxy) is 2. The van der Waals surface area contributed by atoms with E-state index in [0.717, 1.165) is 28.8 Å². The van der Waals surface area contributed by atoms with E-state index < -0.39 is 36.3 Å². The molecule has 8 nitrogen and oxygen atoms in total. The van der Waals surface area contributed by atoms with Crippen LogP contribution in [0.5, 0.6) is 0 Å². The molecule has 2 heterocycles. The highest BCUT2D eigenvalue weighted by atomic mass is 35.5. The third kappa shape index (κ3) is 4.24. The molecule has 184 valence electrons. The summed E-state index contributed by atoms with van der Waals surface area (Å²) in [7, 11) is 0. The van der Waals surface area contributed by atoms with Crippen LogP contribution in [-0.4, -0.2) is 69.9 Å². The van der Waals surface area contributed by atoms with E-state index in [1.165, 1.54) is 0 Å². The van der Waals surface area contributed by atoms with E-state index >= 15 is 0 Å². The molecule has 0 aliphatic carbocycles. The minimum Gasteiger partial charge on any atom is -0.396 e. The molecule has 2 aliphatic rings. The maximum atomic E-state index is 10.8. The molecule has 2 aromatic rings. The first kappa shape index (κ1) is 25.1. The largest absolute Gasteiger partial charge is 0.396 e. The molecule has 5 atom stereocenters. The minimum atomic E-state index is -1.73. The van der Waals surface area contributed by atoms with Crippen LogP contribution in [0.4, 0.5) is 0 Å². The lowest BCUT2D eigenvalue weighted by atomic mass is 9.83. The third-order valence-electron chi connectivity index (χ3n) is 6.50. The van der Waals surface area contributed by atoms with Gasteiger partial charge in [-0.2, -0.15) is 0 Å². The lowest BCUT2D eigenvalue weighted by molar-refractivity contribution is -0.329. The number of fused-ring (bicyclic) bond motifs is 2. The van der Waals surface area contributed by atoms with Crippen molar-refractivity contribution in [1.29, 1.82) is 0 Å². The van der Waals surface area contributed by atoms with Gasteiger partial charge in [-0.15, -0.1) is 0 Å². The second-order valence-electron chi connectivity index (χ2n) is 8.65. The van der Waals surface area contributed by atoms with Gasteiger partial charge < -0.3 is 34.7 Å². The summed E-state index contributed by atoms with van der Waals surface area (Å²) in [6.07, 6.45) is -3.36. The van der Waals surface area contributed by atoms with Gasteiger partial charge in [0.1, 0.15) is 30.5 Å². The quantitative estimate of drug-likeness (QED) is 0.329. The van der Waals surface area contributed by atoms with Gasteiger partial charge in [0.05, 0.1) is 18.9 Å². The number of aliphatic hydroxyl groups is 4. The van der Waals surface area contributed by atoms with Crippen LogP contribution in [0.1, 0.15) is 42.5 Å². The Balaban J connectivity index is 1.61. The van der Waals surface area contributed by atoms with Crippen molar-refractivity contribution < 1.29 is 34.7 Å². The molecule has 0 spiro atoms. The summed E-state index contributed by atoms with van der Waals surface area (Å²) in [6.45, 7) is 3.66. The molecule has 0 unspecified atom stereocenters. The van der Waals surface area contributed by atoms with Crippen molar-refractivity contribution in [3.8, 4) is 0 Å². The highest BCUT2D eigenvalue weighted by molar-refractivity contribution is 6.31. The van der Waals surface area contributed by atoms with Crippen LogP contribution in [0.25, 0.3) is 0 Å². The van der Waals surface area contributed by atoms with Crippen molar-refractivity contribution in [3.63, 3.8) is 0 Å².